The maximum atomic E-state index is 13.4. The molecule has 3 saturated heterocycles. The number of amides is 1. The molecule has 3 rings (SSSR count). The van der Waals surface area contributed by atoms with Crippen molar-refractivity contribution in [2.45, 2.75) is 127 Å². The van der Waals surface area contributed by atoms with Crippen molar-refractivity contribution in [2.75, 3.05) is 27.6 Å². The van der Waals surface area contributed by atoms with Crippen molar-refractivity contribution in [3.8, 4) is 0 Å². The Morgan fingerprint density at radius 2 is 1.86 bits per heavy atom. The Labute approximate surface area is 250 Å². The number of fused-ring (bicyclic) bond motifs is 1. The molecule has 242 valence electrons. The first-order valence-corrected chi connectivity index (χ1v) is 15.2. The van der Waals surface area contributed by atoms with E-state index in [9.17, 15) is 15.0 Å². The summed E-state index contributed by atoms with van der Waals surface area (Å²) < 4.78 is 35.7. The Bertz CT molecular complexity index is 912. The fourth-order valence-electron chi connectivity index (χ4n) is 6.21. The van der Waals surface area contributed by atoms with Gasteiger partial charge in [-0.25, -0.2) is 0 Å². The Hall–Kier alpha value is -1.41. The summed E-state index contributed by atoms with van der Waals surface area (Å²) in [6.45, 7) is 12.0. The lowest BCUT2D eigenvalue weighted by Crippen LogP contribution is -2.69. The number of aliphatic hydroxyl groups excluding tert-OH is 3. The molecular formula is C31H53NO10. The Morgan fingerprint density at radius 3 is 2.50 bits per heavy atom. The van der Waals surface area contributed by atoms with Crippen LogP contribution in [0.25, 0.3) is 0 Å². The lowest BCUT2D eigenvalue weighted by molar-refractivity contribution is -0.332. The van der Waals surface area contributed by atoms with Gasteiger partial charge in [0.1, 0.15) is 19.0 Å². The second kappa shape index (κ2) is 15.5. The van der Waals surface area contributed by atoms with Gasteiger partial charge in [0.2, 0.25) is 5.79 Å². The van der Waals surface area contributed by atoms with Crippen molar-refractivity contribution in [3.63, 3.8) is 0 Å². The van der Waals surface area contributed by atoms with E-state index in [2.05, 4.69) is 11.9 Å². The third-order valence-corrected chi connectivity index (χ3v) is 9.16. The highest BCUT2D eigenvalue weighted by atomic mass is 16.7. The number of hydrogen-bond acceptors (Lipinski definition) is 10. The highest BCUT2D eigenvalue weighted by molar-refractivity contribution is 5.82. The minimum absolute atomic E-state index is 0.0482. The van der Waals surface area contributed by atoms with Gasteiger partial charge in [-0.1, -0.05) is 57.9 Å². The number of nitrogens with one attached hydrogen (secondary N) is 1. The van der Waals surface area contributed by atoms with Gasteiger partial charge in [-0.05, 0) is 26.2 Å². The molecular weight excluding hydrogens is 546 g/mol. The van der Waals surface area contributed by atoms with Crippen molar-refractivity contribution in [2.24, 2.45) is 11.3 Å². The molecule has 11 heteroatoms. The number of unbranched alkanes of at least 4 members (excludes halogenated alkanes) is 4. The van der Waals surface area contributed by atoms with Gasteiger partial charge in [-0.15, -0.1) is 0 Å². The van der Waals surface area contributed by atoms with E-state index < -0.39 is 60.0 Å². The Morgan fingerprint density at radius 1 is 1.14 bits per heavy atom. The van der Waals surface area contributed by atoms with Gasteiger partial charge in [0.05, 0.1) is 24.4 Å². The van der Waals surface area contributed by atoms with Crippen LogP contribution < -0.4 is 5.32 Å². The largest absolute Gasteiger partial charge is 0.396 e. The molecule has 10 unspecified atom stereocenters. The van der Waals surface area contributed by atoms with Crippen LogP contribution in [0.3, 0.4) is 0 Å². The van der Waals surface area contributed by atoms with Gasteiger partial charge in [-0.3, -0.25) is 4.79 Å². The van der Waals surface area contributed by atoms with Crippen LogP contribution in [-0.4, -0.2) is 104 Å². The summed E-state index contributed by atoms with van der Waals surface area (Å²) in [5.74, 6) is -2.27. The highest BCUT2D eigenvalue weighted by Crippen LogP contribution is 2.44. The number of carbonyl (C=O) groups excluding carboxylic acids is 1. The number of ether oxygens (including phenoxy) is 6. The van der Waals surface area contributed by atoms with E-state index in [1.54, 1.807) is 13.2 Å². The standard InChI is InChI=1S/C31H53NO10/c1-19-17-31(38-7,42-21(3)20(19)2)26(35)28(36)32-29-25-24(39-18-40-29)27(37-6)30(4,5)23(41-25)16-22(34)14-12-10-8-9-11-13-15-33/h12,14,20-27,29,33-35H,1,8-11,13,15-18H2,2-7H3,(H,32,36). The minimum Gasteiger partial charge on any atom is -0.396 e. The van der Waals surface area contributed by atoms with Crippen LogP contribution >= 0.6 is 0 Å². The number of rotatable bonds is 14. The molecule has 3 aliphatic rings. The van der Waals surface area contributed by atoms with Crippen molar-refractivity contribution >= 4 is 5.91 Å². The molecule has 42 heavy (non-hydrogen) atoms. The molecule has 0 bridgehead atoms. The number of carbonyl (C=O) groups is 1. The van der Waals surface area contributed by atoms with E-state index in [1.165, 1.54) is 7.11 Å². The molecule has 0 aliphatic carbocycles. The summed E-state index contributed by atoms with van der Waals surface area (Å²) in [6.07, 6.45) is 3.02. The molecule has 11 nitrogen and oxygen atoms in total. The fourth-order valence-corrected chi connectivity index (χ4v) is 6.21. The van der Waals surface area contributed by atoms with Crippen LogP contribution in [0.4, 0.5) is 0 Å². The maximum absolute atomic E-state index is 13.4. The first kappa shape index (κ1) is 35.1. The van der Waals surface area contributed by atoms with Gasteiger partial charge < -0.3 is 49.1 Å². The molecule has 0 aromatic carbocycles. The van der Waals surface area contributed by atoms with Crippen molar-refractivity contribution < 1.29 is 48.5 Å². The second-order valence-electron chi connectivity index (χ2n) is 12.4. The first-order chi connectivity index (χ1) is 19.9. The molecule has 3 heterocycles. The van der Waals surface area contributed by atoms with Gasteiger partial charge >= 0.3 is 0 Å². The number of hydrogen-bond donors (Lipinski definition) is 4. The molecule has 0 aromatic rings. The molecule has 0 saturated carbocycles. The molecule has 0 radical (unpaired) electrons. The zero-order chi connectivity index (χ0) is 31.1. The van der Waals surface area contributed by atoms with E-state index in [0.717, 1.165) is 37.7 Å². The van der Waals surface area contributed by atoms with Gasteiger partial charge in [0.15, 0.2) is 12.3 Å². The van der Waals surface area contributed by atoms with Crippen LogP contribution in [-0.2, 0) is 33.2 Å². The van der Waals surface area contributed by atoms with Gasteiger partial charge in [0, 0.05) is 45.0 Å². The quantitative estimate of drug-likeness (QED) is 0.174. The smallest absolute Gasteiger partial charge is 0.256 e. The summed E-state index contributed by atoms with van der Waals surface area (Å²) in [6, 6.07) is 0. The predicted octanol–water partition coefficient (Wildman–Crippen LogP) is 2.56. The molecule has 0 aromatic heterocycles. The summed E-state index contributed by atoms with van der Waals surface area (Å²) in [5.41, 5.74) is 0.284. The average molecular weight is 600 g/mol. The van der Waals surface area contributed by atoms with Crippen molar-refractivity contribution in [3.05, 3.63) is 24.3 Å². The maximum Gasteiger partial charge on any atom is 0.256 e. The van der Waals surface area contributed by atoms with Crippen LogP contribution in [0.2, 0.25) is 0 Å². The van der Waals surface area contributed by atoms with E-state index in [1.807, 2.05) is 33.8 Å². The monoisotopic (exact) mass is 599 g/mol. The highest BCUT2D eigenvalue weighted by Gasteiger charge is 2.57. The first-order valence-electron chi connectivity index (χ1n) is 15.2. The summed E-state index contributed by atoms with van der Waals surface area (Å²) in [5, 5.41) is 33.7. The molecule has 1 amide bonds. The van der Waals surface area contributed by atoms with E-state index >= 15 is 0 Å². The van der Waals surface area contributed by atoms with E-state index in [4.69, 9.17) is 33.5 Å². The van der Waals surface area contributed by atoms with Crippen LogP contribution in [0.15, 0.2) is 24.3 Å². The lowest BCUT2D eigenvalue weighted by atomic mass is 9.72. The number of allylic oxidation sites excluding steroid dienone is 1. The van der Waals surface area contributed by atoms with Crippen LogP contribution in [0.1, 0.15) is 72.6 Å². The van der Waals surface area contributed by atoms with E-state index in [0.29, 0.717) is 6.42 Å². The Kier molecular flexibility index (Phi) is 13.0. The fraction of sp³-hybridized carbons (Fsp3) is 0.839. The van der Waals surface area contributed by atoms with Crippen LogP contribution in [0.5, 0.6) is 0 Å². The molecule has 3 fully saturated rings. The SMILES string of the molecule is C=C1CC(OC)(C(O)C(=O)NC2OCOC3C2OC(CC(O)C=CCCCCCCO)C(C)(C)C3OC)OC(C)C1C. The van der Waals surface area contributed by atoms with Crippen LogP contribution in [0, 0.1) is 11.3 Å². The van der Waals surface area contributed by atoms with Crippen molar-refractivity contribution in [1.29, 1.82) is 0 Å². The topological polar surface area (TPSA) is 145 Å². The Balaban J connectivity index is 1.69. The van der Waals surface area contributed by atoms with Gasteiger partial charge in [0.25, 0.3) is 5.91 Å². The lowest BCUT2D eigenvalue weighted by Gasteiger charge is -2.54. The normalized spacial score (nSPS) is 36.4. The molecule has 4 N–H and O–H groups in total. The summed E-state index contributed by atoms with van der Waals surface area (Å²) >= 11 is 0. The number of aliphatic hydroxyl groups is 3. The van der Waals surface area contributed by atoms with E-state index in [-0.39, 0.29) is 31.8 Å². The summed E-state index contributed by atoms with van der Waals surface area (Å²) in [4.78, 5) is 13.4. The molecule has 0 spiro atoms. The summed E-state index contributed by atoms with van der Waals surface area (Å²) in [7, 11) is 3.00. The predicted molar refractivity (Wildman–Crippen MR) is 155 cm³/mol. The third kappa shape index (κ3) is 7.99. The zero-order valence-electron chi connectivity index (χ0n) is 26.1. The van der Waals surface area contributed by atoms with Gasteiger partial charge in [-0.2, -0.15) is 0 Å². The number of methoxy groups -OCH3 is 2. The molecule has 10 atom stereocenters. The third-order valence-electron chi connectivity index (χ3n) is 9.16. The zero-order valence-corrected chi connectivity index (χ0v) is 26.1. The molecule has 3 aliphatic heterocycles. The average Bonchev–Trinajstić information content (AvgIpc) is 2.95. The van der Waals surface area contributed by atoms with Crippen molar-refractivity contribution in [1.82, 2.24) is 5.32 Å². The second-order valence-corrected chi connectivity index (χ2v) is 12.4. The minimum atomic E-state index is -1.66.